The van der Waals surface area contributed by atoms with Crippen LogP contribution in [0.1, 0.15) is 22.3 Å². The number of nitrogens with zero attached hydrogens (tertiary/aromatic N) is 2. The van der Waals surface area contributed by atoms with Crippen molar-refractivity contribution in [2.75, 3.05) is 0 Å². The van der Waals surface area contributed by atoms with Crippen molar-refractivity contribution in [1.82, 2.24) is 9.97 Å². The summed E-state index contributed by atoms with van der Waals surface area (Å²) >= 11 is 0. The van der Waals surface area contributed by atoms with Crippen LogP contribution in [-0.4, -0.2) is 9.97 Å². The average Bonchev–Trinajstić information content (AvgIpc) is 3.43. The van der Waals surface area contributed by atoms with Crippen LogP contribution in [0.5, 0.6) is 0 Å². The minimum Gasteiger partial charge on any atom is -0.244 e. The van der Waals surface area contributed by atoms with E-state index in [2.05, 4.69) is 140 Å². The van der Waals surface area contributed by atoms with E-state index in [1.807, 2.05) is 30.3 Å². The Bertz CT molecular complexity index is 2320. The normalized spacial score (nSPS) is 13.1. The molecule has 0 N–H and O–H groups in total. The van der Waals surface area contributed by atoms with Crippen LogP contribution < -0.4 is 0 Å². The first-order valence-electron chi connectivity index (χ1n) is 15.4. The summed E-state index contributed by atoms with van der Waals surface area (Å²) in [6.45, 7) is 0. The second kappa shape index (κ2) is 10.1. The Kier molecular flexibility index (Phi) is 5.76. The summed E-state index contributed by atoms with van der Waals surface area (Å²) in [5, 5.41) is 2.43. The summed E-state index contributed by atoms with van der Waals surface area (Å²) in [7, 11) is 0. The largest absolute Gasteiger partial charge is 0.244 e. The summed E-state index contributed by atoms with van der Waals surface area (Å²) in [5.41, 5.74) is 13.1. The van der Waals surface area contributed by atoms with Gasteiger partial charge in [0.15, 0.2) is 0 Å². The molecule has 0 fully saturated rings. The Morgan fingerprint density at radius 2 is 0.956 bits per heavy atom. The lowest BCUT2D eigenvalue weighted by molar-refractivity contribution is 0.769. The topological polar surface area (TPSA) is 25.8 Å². The number of hydrogen-bond donors (Lipinski definition) is 0. The van der Waals surface area contributed by atoms with Gasteiger partial charge in [-0.2, -0.15) is 0 Å². The highest BCUT2D eigenvalue weighted by atomic mass is 14.8. The molecule has 0 unspecified atom stereocenters. The van der Waals surface area contributed by atoms with Crippen LogP contribution in [0.3, 0.4) is 0 Å². The summed E-state index contributed by atoms with van der Waals surface area (Å²) < 4.78 is 0. The van der Waals surface area contributed by atoms with Gasteiger partial charge in [-0.3, -0.25) is 0 Å². The van der Waals surface area contributed by atoms with Crippen LogP contribution in [0.2, 0.25) is 0 Å². The highest BCUT2D eigenvalue weighted by molar-refractivity contribution is 6.05. The Labute approximate surface area is 262 Å². The zero-order valence-electron chi connectivity index (χ0n) is 24.6. The molecule has 1 heterocycles. The maximum atomic E-state index is 5.18. The minimum atomic E-state index is -0.411. The van der Waals surface area contributed by atoms with E-state index in [1.54, 1.807) is 0 Å². The van der Waals surface area contributed by atoms with Crippen LogP contribution in [-0.2, 0) is 5.41 Å². The zero-order chi connectivity index (χ0) is 29.8. The van der Waals surface area contributed by atoms with E-state index in [0.29, 0.717) is 0 Å². The predicted molar refractivity (Wildman–Crippen MR) is 185 cm³/mol. The van der Waals surface area contributed by atoms with Crippen molar-refractivity contribution in [3.05, 3.63) is 192 Å². The van der Waals surface area contributed by atoms with Gasteiger partial charge in [-0.1, -0.05) is 152 Å². The lowest BCUT2D eigenvalue weighted by Gasteiger charge is -2.33. The first-order valence-corrected chi connectivity index (χ1v) is 15.4. The van der Waals surface area contributed by atoms with Gasteiger partial charge < -0.3 is 0 Å². The van der Waals surface area contributed by atoms with E-state index < -0.39 is 5.41 Å². The fraction of sp³-hybridized carbons (Fsp3) is 0.0233. The first-order chi connectivity index (χ1) is 22.3. The molecule has 1 aliphatic rings. The number of para-hydroxylation sites is 2. The number of benzene rings is 7. The van der Waals surface area contributed by atoms with E-state index in [1.165, 1.54) is 44.2 Å². The van der Waals surface area contributed by atoms with Crippen LogP contribution >= 0.6 is 0 Å². The molecule has 45 heavy (non-hydrogen) atoms. The summed E-state index contributed by atoms with van der Waals surface area (Å²) in [5.74, 6) is 0. The highest BCUT2D eigenvalue weighted by Crippen LogP contribution is 2.57. The lowest BCUT2D eigenvalue weighted by Crippen LogP contribution is -2.28. The molecule has 0 saturated heterocycles. The smallest absolute Gasteiger partial charge is 0.0973 e. The molecule has 7 aromatic carbocycles. The maximum Gasteiger partial charge on any atom is 0.0973 e. The molecule has 0 aliphatic heterocycles. The fourth-order valence-electron chi connectivity index (χ4n) is 7.42. The van der Waals surface area contributed by atoms with E-state index in [9.17, 15) is 0 Å². The summed E-state index contributed by atoms with van der Waals surface area (Å²) in [4.78, 5) is 10.3. The Hall–Kier alpha value is -5.86. The van der Waals surface area contributed by atoms with E-state index >= 15 is 0 Å². The van der Waals surface area contributed by atoms with Crippen molar-refractivity contribution in [2.45, 2.75) is 5.41 Å². The SMILES string of the molecule is c1ccc(-c2nc3ccccc3nc2-c2ccc3c4c(ccc3c2)C(c2ccccc2)(c2ccccc2)c2ccccc2-4)cc1. The van der Waals surface area contributed by atoms with Gasteiger partial charge in [0.05, 0.1) is 27.8 Å². The van der Waals surface area contributed by atoms with Crippen molar-refractivity contribution in [3.63, 3.8) is 0 Å². The number of aromatic nitrogens is 2. The van der Waals surface area contributed by atoms with E-state index in [4.69, 9.17) is 9.97 Å². The van der Waals surface area contributed by atoms with Crippen LogP contribution in [0, 0.1) is 0 Å². The molecule has 2 heteroatoms. The molecule has 1 aliphatic carbocycles. The molecule has 1 aromatic heterocycles. The molecule has 2 nitrogen and oxygen atoms in total. The van der Waals surface area contributed by atoms with Crippen molar-refractivity contribution < 1.29 is 0 Å². The molecule has 9 rings (SSSR count). The monoisotopic (exact) mass is 572 g/mol. The molecule has 210 valence electrons. The molecule has 0 spiro atoms. The molecule has 0 amide bonds. The van der Waals surface area contributed by atoms with Crippen molar-refractivity contribution in [2.24, 2.45) is 0 Å². The zero-order valence-corrected chi connectivity index (χ0v) is 24.6. The van der Waals surface area contributed by atoms with Crippen LogP contribution in [0.4, 0.5) is 0 Å². The Morgan fingerprint density at radius 1 is 0.400 bits per heavy atom. The minimum absolute atomic E-state index is 0.411. The molecule has 0 atom stereocenters. The molecule has 8 aromatic rings. The van der Waals surface area contributed by atoms with Gasteiger partial charge in [0.25, 0.3) is 0 Å². The second-order valence-corrected chi connectivity index (χ2v) is 11.7. The van der Waals surface area contributed by atoms with Crippen LogP contribution in [0.15, 0.2) is 170 Å². The quantitative estimate of drug-likeness (QED) is 0.210. The Morgan fingerprint density at radius 3 is 1.62 bits per heavy atom. The van der Waals surface area contributed by atoms with Gasteiger partial charge in [0, 0.05) is 11.1 Å². The van der Waals surface area contributed by atoms with Gasteiger partial charge in [-0.05, 0) is 62.4 Å². The van der Waals surface area contributed by atoms with Gasteiger partial charge in [0.1, 0.15) is 0 Å². The summed E-state index contributed by atoms with van der Waals surface area (Å²) in [6.07, 6.45) is 0. The molecular weight excluding hydrogens is 544 g/mol. The van der Waals surface area contributed by atoms with Crippen LogP contribution in [0.25, 0.3) is 55.4 Å². The molecule has 0 bridgehead atoms. The van der Waals surface area contributed by atoms with Gasteiger partial charge in [-0.25, -0.2) is 9.97 Å². The molecule has 0 saturated carbocycles. The molecular formula is C43H28N2. The van der Waals surface area contributed by atoms with Gasteiger partial charge in [0.2, 0.25) is 0 Å². The number of rotatable bonds is 4. The lowest BCUT2D eigenvalue weighted by atomic mass is 9.67. The van der Waals surface area contributed by atoms with Gasteiger partial charge in [-0.15, -0.1) is 0 Å². The standard InChI is InChI=1S/C43H28N2/c1-4-14-29(15-5-1)41-42(45-39-23-13-12-22-38(39)44-41)31-24-26-34-30(28-31)25-27-37-40(34)35-20-10-11-21-36(35)43(37,32-16-6-2-7-17-32)33-18-8-3-9-19-33/h1-28H. The number of fused-ring (bicyclic) bond motifs is 6. The summed E-state index contributed by atoms with van der Waals surface area (Å²) in [6, 6.07) is 60.8. The third-order valence-corrected chi connectivity index (χ3v) is 9.33. The third kappa shape index (κ3) is 3.82. The Balaban J connectivity index is 1.31. The second-order valence-electron chi connectivity index (χ2n) is 11.7. The molecule has 0 radical (unpaired) electrons. The van der Waals surface area contributed by atoms with Crippen molar-refractivity contribution in [3.8, 4) is 33.6 Å². The highest BCUT2D eigenvalue weighted by Gasteiger charge is 2.46. The van der Waals surface area contributed by atoms with Gasteiger partial charge >= 0.3 is 0 Å². The predicted octanol–water partition coefficient (Wildman–Crippen LogP) is 10.5. The first kappa shape index (κ1) is 25.6. The number of hydrogen-bond acceptors (Lipinski definition) is 2. The average molecular weight is 573 g/mol. The maximum absolute atomic E-state index is 5.18. The van der Waals surface area contributed by atoms with Crippen molar-refractivity contribution >= 4 is 21.8 Å². The van der Waals surface area contributed by atoms with E-state index in [0.717, 1.165) is 33.5 Å². The fourth-order valence-corrected chi connectivity index (χ4v) is 7.42. The van der Waals surface area contributed by atoms with Crippen molar-refractivity contribution in [1.29, 1.82) is 0 Å². The van der Waals surface area contributed by atoms with E-state index in [-0.39, 0.29) is 0 Å². The third-order valence-electron chi connectivity index (χ3n) is 9.33.